The maximum absolute atomic E-state index is 11.3. The zero-order valence-electron chi connectivity index (χ0n) is 13.7. The topological polar surface area (TPSA) is 73.6 Å². The number of hydrogen-bond donors (Lipinski definition) is 1. The van der Waals surface area contributed by atoms with Gasteiger partial charge in [-0.1, -0.05) is 41.9 Å². The highest BCUT2D eigenvalue weighted by atomic mass is 35.5. The van der Waals surface area contributed by atoms with Crippen LogP contribution in [0.5, 0.6) is 11.5 Å². The van der Waals surface area contributed by atoms with Crippen LogP contribution in [0, 0.1) is 0 Å². The summed E-state index contributed by atoms with van der Waals surface area (Å²) < 4.78 is 12.6. The van der Waals surface area contributed by atoms with E-state index >= 15 is 0 Å². The second-order valence-electron chi connectivity index (χ2n) is 5.88. The average molecular weight is 371 g/mol. The maximum atomic E-state index is 11.3. The Morgan fingerprint density at radius 2 is 1.92 bits per heavy atom. The van der Waals surface area contributed by atoms with Gasteiger partial charge in [-0.25, -0.2) is 4.98 Å². The summed E-state index contributed by atoms with van der Waals surface area (Å²) in [5, 5.41) is 9.44. The Kier molecular flexibility index (Phi) is 4.26. The smallest absolute Gasteiger partial charge is 0.309 e. The summed E-state index contributed by atoms with van der Waals surface area (Å²) in [7, 11) is 0. The van der Waals surface area contributed by atoms with Crippen LogP contribution in [0.4, 0.5) is 0 Å². The van der Waals surface area contributed by atoms with Crippen LogP contribution >= 0.6 is 11.6 Å². The van der Waals surface area contributed by atoms with Crippen LogP contribution in [0.2, 0.25) is 5.15 Å². The zero-order valence-corrected chi connectivity index (χ0v) is 14.4. The molecular formula is C19H15ClN2O4. The van der Waals surface area contributed by atoms with Gasteiger partial charge in [0.2, 0.25) is 6.79 Å². The van der Waals surface area contributed by atoms with Gasteiger partial charge in [-0.2, -0.15) is 0 Å². The van der Waals surface area contributed by atoms with E-state index in [9.17, 15) is 9.90 Å². The summed E-state index contributed by atoms with van der Waals surface area (Å²) in [6, 6.07) is 15.2. The van der Waals surface area contributed by atoms with Gasteiger partial charge in [-0.15, -0.1) is 0 Å². The Bertz CT molecular complexity index is 969. The first-order valence-corrected chi connectivity index (χ1v) is 8.40. The van der Waals surface area contributed by atoms with Crippen LogP contribution in [0.1, 0.15) is 11.3 Å². The van der Waals surface area contributed by atoms with Gasteiger partial charge < -0.3 is 19.1 Å². The van der Waals surface area contributed by atoms with E-state index in [1.165, 1.54) is 0 Å². The molecule has 0 aliphatic carbocycles. The molecule has 0 saturated carbocycles. The molecule has 1 aliphatic heterocycles. The summed E-state index contributed by atoms with van der Waals surface area (Å²) in [5.41, 5.74) is 2.27. The fourth-order valence-corrected chi connectivity index (χ4v) is 3.21. The van der Waals surface area contributed by atoms with E-state index in [2.05, 4.69) is 4.98 Å². The molecule has 0 unspecified atom stereocenters. The number of carboxylic acid groups (broad SMARTS) is 1. The number of carboxylic acids is 1. The molecule has 132 valence electrons. The lowest BCUT2D eigenvalue weighted by molar-refractivity contribution is -0.136. The van der Waals surface area contributed by atoms with Crippen molar-refractivity contribution in [2.45, 2.75) is 13.0 Å². The Labute approximate surface area is 154 Å². The van der Waals surface area contributed by atoms with Crippen molar-refractivity contribution >= 4 is 17.6 Å². The van der Waals surface area contributed by atoms with Crippen molar-refractivity contribution in [2.24, 2.45) is 0 Å². The largest absolute Gasteiger partial charge is 0.481 e. The van der Waals surface area contributed by atoms with Crippen LogP contribution in [0.3, 0.4) is 0 Å². The van der Waals surface area contributed by atoms with Gasteiger partial charge in [0.25, 0.3) is 0 Å². The first kappa shape index (κ1) is 16.5. The van der Waals surface area contributed by atoms with Gasteiger partial charge in [0.15, 0.2) is 16.7 Å². The van der Waals surface area contributed by atoms with Crippen LogP contribution < -0.4 is 9.47 Å². The Balaban J connectivity index is 1.82. The lowest BCUT2D eigenvalue weighted by atomic mass is 10.1. The van der Waals surface area contributed by atoms with Crippen molar-refractivity contribution in [1.29, 1.82) is 0 Å². The lowest BCUT2D eigenvalue weighted by Gasteiger charge is -2.12. The number of hydrogen-bond acceptors (Lipinski definition) is 4. The van der Waals surface area contributed by atoms with Gasteiger partial charge in [-0.3, -0.25) is 4.79 Å². The number of ether oxygens (including phenoxy) is 2. The number of imidazole rings is 1. The van der Waals surface area contributed by atoms with Crippen molar-refractivity contribution < 1.29 is 19.4 Å². The van der Waals surface area contributed by atoms with Crippen LogP contribution in [0.25, 0.3) is 11.4 Å². The molecule has 2 aromatic carbocycles. The molecule has 7 heteroatoms. The van der Waals surface area contributed by atoms with Crippen LogP contribution in [-0.4, -0.2) is 27.4 Å². The van der Waals surface area contributed by atoms with Crippen molar-refractivity contribution in [3.63, 3.8) is 0 Å². The lowest BCUT2D eigenvalue weighted by Crippen LogP contribution is -2.11. The molecule has 0 saturated heterocycles. The normalized spacial score (nSPS) is 12.3. The predicted octanol–water partition coefficient (Wildman–Crippen LogP) is 3.61. The average Bonchev–Trinajstić information content (AvgIpc) is 3.21. The van der Waals surface area contributed by atoms with Gasteiger partial charge in [0.1, 0.15) is 5.82 Å². The fourth-order valence-electron chi connectivity index (χ4n) is 2.96. The second kappa shape index (κ2) is 6.72. The highest BCUT2D eigenvalue weighted by molar-refractivity contribution is 6.30. The predicted molar refractivity (Wildman–Crippen MR) is 95.7 cm³/mol. The van der Waals surface area contributed by atoms with Crippen molar-refractivity contribution in [1.82, 2.24) is 9.55 Å². The third kappa shape index (κ3) is 3.11. The minimum Gasteiger partial charge on any atom is -0.481 e. The number of rotatable bonds is 5. The number of carbonyl (C=O) groups is 1. The molecule has 0 atom stereocenters. The molecule has 1 aliphatic rings. The molecule has 6 nitrogen and oxygen atoms in total. The fraction of sp³-hybridized carbons (Fsp3) is 0.158. The standard InChI is InChI=1S/C19H15ClN2O4/c20-18-14(9-17(23)24)22(10-12-4-2-1-3-5-12)19(21-18)13-6-7-15-16(8-13)26-11-25-15/h1-8H,9-11H2,(H,23,24). The van der Waals surface area contributed by atoms with Crippen molar-refractivity contribution in [2.75, 3.05) is 6.79 Å². The van der Waals surface area contributed by atoms with E-state index in [0.29, 0.717) is 29.6 Å². The Hall–Kier alpha value is -2.99. The van der Waals surface area contributed by atoms with E-state index < -0.39 is 5.97 Å². The highest BCUT2D eigenvalue weighted by Crippen LogP contribution is 2.37. The molecule has 4 rings (SSSR count). The number of nitrogens with zero attached hydrogens (tertiary/aromatic N) is 2. The molecule has 0 bridgehead atoms. The SMILES string of the molecule is O=C(O)Cc1c(Cl)nc(-c2ccc3c(c2)OCO3)n1Cc1ccccc1. The molecule has 0 amide bonds. The summed E-state index contributed by atoms with van der Waals surface area (Å²) in [6.45, 7) is 0.648. The Morgan fingerprint density at radius 3 is 2.69 bits per heavy atom. The zero-order chi connectivity index (χ0) is 18.1. The number of aliphatic carboxylic acids is 1. The van der Waals surface area contributed by atoms with Gasteiger partial charge in [-0.05, 0) is 23.8 Å². The number of aromatic nitrogens is 2. The summed E-state index contributed by atoms with van der Waals surface area (Å²) in [4.78, 5) is 15.7. The molecule has 3 aromatic rings. The third-order valence-corrected chi connectivity index (χ3v) is 4.46. The van der Waals surface area contributed by atoms with Crippen molar-refractivity contribution in [3.8, 4) is 22.9 Å². The Morgan fingerprint density at radius 1 is 1.15 bits per heavy atom. The number of halogens is 1. The van der Waals surface area contributed by atoms with E-state index in [4.69, 9.17) is 21.1 Å². The minimum atomic E-state index is -0.960. The van der Waals surface area contributed by atoms with Gasteiger partial charge in [0.05, 0.1) is 12.1 Å². The number of fused-ring (bicyclic) bond motifs is 1. The summed E-state index contributed by atoms with van der Waals surface area (Å²) in [5.74, 6) is 0.936. The quantitative estimate of drug-likeness (QED) is 0.742. The molecule has 2 heterocycles. The first-order chi connectivity index (χ1) is 12.6. The van der Waals surface area contributed by atoms with Crippen molar-refractivity contribution in [3.05, 3.63) is 64.9 Å². The molecule has 1 aromatic heterocycles. The molecule has 0 radical (unpaired) electrons. The molecule has 0 spiro atoms. The van der Waals surface area contributed by atoms with Gasteiger partial charge in [0, 0.05) is 12.1 Å². The third-order valence-electron chi connectivity index (χ3n) is 4.16. The monoisotopic (exact) mass is 370 g/mol. The van der Waals surface area contributed by atoms with Crippen LogP contribution in [0.15, 0.2) is 48.5 Å². The number of benzene rings is 2. The molecule has 0 fully saturated rings. The van der Waals surface area contributed by atoms with E-state index in [0.717, 1.165) is 11.1 Å². The van der Waals surface area contributed by atoms with E-state index in [-0.39, 0.29) is 18.4 Å². The van der Waals surface area contributed by atoms with Gasteiger partial charge >= 0.3 is 5.97 Å². The van der Waals surface area contributed by atoms with Crippen LogP contribution in [-0.2, 0) is 17.8 Å². The van der Waals surface area contributed by atoms with E-state index in [1.807, 2.05) is 53.1 Å². The molecule has 1 N–H and O–H groups in total. The summed E-state index contributed by atoms with van der Waals surface area (Å²) >= 11 is 6.28. The minimum absolute atomic E-state index is 0.183. The van der Waals surface area contributed by atoms with E-state index in [1.54, 1.807) is 0 Å². The summed E-state index contributed by atoms with van der Waals surface area (Å²) in [6.07, 6.45) is -0.205. The highest BCUT2D eigenvalue weighted by Gasteiger charge is 2.22. The molecule has 26 heavy (non-hydrogen) atoms. The maximum Gasteiger partial charge on any atom is 0.309 e. The first-order valence-electron chi connectivity index (χ1n) is 8.02. The second-order valence-corrected chi connectivity index (χ2v) is 6.24. The molecular weight excluding hydrogens is 356 g/mol.